The van der Waals surface area contributed by atoms with Crippen LogP contribution in [0.25, 0.3) is 0 Å². The van der Waals surface area contributed by atoms with Gasteiger partial charge in [0.1, 0.15) is 5.75 Å². The Morgan fingerprint density at radius 1 is 1.36 bits per heavy atom. The molecule has 0 amide bonds. The molecule has 2 N–H and O–H groups in total. The van der Waals surface area contributed by atoms with E-state index in [0.29, 0.717) is 0 Å². The van der Waals surface area contributed by atoms with Gasteiger partial charge in [-0.1, -0.05) is 0 Å². The van der Waals surface area contributed by atoms with Gasteiger partial charge in [0.2, 0.25) is 0 Å². The summed E-state index contributed by atoms with van der Waals surface area (Å²) in [7, 11) is 1.64. The third-order valence-corrected chi connectivity index (χ3v) is 2.08. The first-order valence-electron chi connectivity index (χ1n) is 3.25. The van der Waals surface area contributed by atoms with E-state index in [9.17, 15) is 0 Å². The Hall–Kier alpha value is -0.830. The Balaban J connectivity index is 3.02. The molecule has 0 saturated carbocycles. The van der Waals surface area contributed by atoms with Crippen LogP contribution in [0.3, 0.4) is 0 Å². The van der Waals surface area contributed by atoms with Gasteiger partial charge in [0, 0.05) is 16.6 Å². The van der Waals surface area contributed by atoms with Crippen molar-refractivity contribution in [3.8, 4) is 5.75 Å². The van der Waals surface area contributed by atoms with Crippen LogP contribution in [0, 0.1) is 0 Å². The van der Waals surface area contributed by atoms with Gasteiger partial charge in [0.25, 0.3) is 0 Å². The molecule has 11 heavy (non-hydrogen) atoms. The van der Waals surface area contributed by atoms with Crippen molar-refractivity contribution in [3.05, 3.63) is 18.2 Å². The second-order valence-corrected chi connectivity index (χ2v) is 3.03. The molecule has 60 valence electrons. The van der Waals surface area contributed by atoms with Crippen LogP contribution in [-0.4, -0.2) is 13.4 Å². The largest absolute Gasteiger partial charge is 0.497 e. The van der Waals surface area contributed by atoms with E-state index >= 15 is 0 Å². The Morgan fingerprint density at radius 3 is 2.64 bits per heavy atom. The molecule has 1 aromatic carbocycles. The predicted molar refractivity (Wildman–Crippen MR) is 49.2 cm³/mol. The molecule has 0 bridgehead atoms. The fourth-order valence-corrected chi connectivity index (χ4v) is 1.32. The smallest absolute Gasteiger partial charge is 0.122 e. The second-order valence-electron chi connectivity index (χ2n) is 2.15. The maximum absolute atomic E-state index is 5.62. The van der Waals surface area contributed by atoms with Gasteiger partial charge >= 0.3 is 0 Å². The summed E-state index contributed by atoms with van der Waals surface area (Å²) in [5.41, 5.74) is 6.36. The van der Waals surface area contributed by atoms with Gasteiger partial charge < -0.3 is 10.5 Å². The van der Waals surface area contributed by atoms with E-state index in [-0.39, 0.29) is 0 Å². The summed E-state index contributed by atoms with van der Waals surface area (Å²) in [6.45, 7) is 0. The molecule has 0 fully saturated rings. The SMILES string of the molecule is COc1cc(N)cc(SC)c1. The summed E-state index contributed by atoms with van der Waals surface area (Å²) < 4.78 is 5.04. The number of thioether (sulfide) groups is 1. The van der Waals surface area contributed by atoms with E-state index in [2.05, 4.69) is 0 Å². The molecule has 3 heteroatoms. The van der Waals surface area contributed by atoms with Gasteiger partial charge in [-0.05, 0) is 18.4 Å². The van der Waals surface area contributed by atoms with Gasteiger partial charge in [-0.15, -0.1) is 11.8 Å². The van der Waals surface area contributed by atoms with E-state index in [1.54, 1.807) is 24.9 Å². The highest BCUT2D eigenvalue weighted by Gasteiger charge is 1.96. The molecule has 0 saturated heterocycles. The van der Waals surface area contributed by atoms with Crippen LogP contribution in [0.15, 0.2) is 23.1 Å². The van der Waals surface area contributed by atoms with Crippen molar-refractivity contribution >= 4 is 17.4 Å². The molecule has 0 unspecified atom stereocenters. The van der Waals surface area contributed by atoms with Crippen LogP contribution in [-0.2, 0) is 0 Å². The molecular formula is C8H11NOS. The van der Waals surface area contributed by atoms with E-state index < -0.39 is 0 Å². The molecule has 0 atom stereocenters. The van der Waals surface area contributed by atoms with E-state index in [1.165, 1.54) is 0 Å². The Bertz CT molecular complexity index is 228. The lowest BCUT2D eigenvalue weighted by Crippen LogP contribution is -1.88. The first-order valence-corrected chi connectivity index (χ1v) is 4.47. The van der Waals surface area contributed by atoms with Crippen molar-refractivity contribution in [2.75, 3.05) is 19.1 Å². The lowest BCUT2D eigenvalue weighted by atomic mass is 10.3. The number of anilines is 1. The molecule has 0 radical (unpaired) electrons. The number of nitrogens with two attached hydrogens (primary N) is 1. The van der Waals surface area contributed by atoms with Gasteiger partial charge in [-0.3, -0.25) is 0 Å². The molecule has 1 aromatic rings. The van der Waals surface area contributed by atoms with Crippen molar-refractivity contribution < 1.29 is 4.74 Å². The number of methoxy groups -OCH3 is 1. The normalized spacial score (nSPS) is 9.64. The fraction of sp³-hybridized carbons (Fsp3) is 0.250. The molecule has 0 aliphatic heterocycles. The van der Waals surface area contributed by atoms with Crippen molar-refractivity contribution in [2.24, 2.45) is 0 Å². The second kappa shape index (κ2) is 3.53. The number of rotatable bonds is 2. The summed E-state index contributed by atoms with van der Waals surface area (Å²) in [6.07, 6.45) is 2.01. The predicted octanol–water partition coefficient (Wildman–Crippen LogP) is 2.00. The lowest BCUT2D eigenvalue weighted by molar-refractivity contribution is 0.414. The third kappa shape index (κ3) is 2.05. The lowest BCUT2D eigenvalue weighted by Gasteiger charge is -2.03. The topological polar surface area (TPSA) is 35.2 Å². The Morgan fingerprint density at radius 2 is 2.09 bits per heavy atom. The number of nitrogen functional groups attached to an aromatic ring is 1. The van der Waals surface area contributed by atoms with Crippen LogP contribution >= 0.6 is 11.8 Å². The number of ether oxygens (including phenoxy) is 1. The molecule has 0 aliphatic carbocycles. The van der Waals surface area contributed by atoms with Gasteiger partial charge in [-0.2, -0.15) is 0 Å². The molecule has 1 rings (SSSR count). The zero-order valence-electron chi connectivity index (χ0n) is 6.63. The van der Waals surface area contributed by atoms with Crippen LogP contribution in [0.5, 0.6) is 5.75 Å². The van der Waals surface area contributed by atoms with Crippen LogP contribution < -0.4 is 10.5 Å². The average molecular weight is 169 g/mol. The van der Waals surface area contributed by atoms with Gasteiger partial charge in [0.15, 0.2) is 0 Å². The zero-order chi connectivity index (χ0) is 8.27. The van der Waals surface area contributed by atoms with Crippen molar-refractivity contribution in [3.63, 3.8) is 0 Å². The molecule has 0 spiro atoms. The molecule has 0 aromatic heterocycles. The summed E-state index contributed by atoms with van der Waals surface area (Å²) >= 11 is 1.65. The molecular weight excluding hydrogens is 158 g/mol. The maximum Gasteiger partial charge on any atom is 0.122 e. The Labute approximate surface area is 70.7 Å². The van der Waals surface area contributed by atoms with Crippen LogP contribution in [0.1, 0.15) is 0 Å². The number of benzene rings is 1. The highest BCUT2D eigenvalue weighted by Crippen LogP contribution is 2.24. The summed E-state index contributed by atoms with van der Waals surface area (Å²) in [6, 6.07) is 5.69. The van der Waals surface area contributed by atoms with Crippen LogP contribution in [0.4, 0.5) is 5.69 Å². The van der Waals surface area contributed by atoms with E-state index in [1.807, 2.05) is 18.4 Å². The van der Waals surface area contributed by atoms with Gasteiger partial charge in [-0.25, -0.2) is 0 Å². The molecule has 2 nitrogen and oxygen atoms in total. The van der Waals surface area contributed by atoms with Crippen molar-refractivity contribution in [2.45, 2.75) is 4.90 Å². The first-order chi connectivity index (χ1) is 5.26. The first kappa shape index (κ1) is 8.27. The van der Waals surface area contributed by atoms with E-state index in [4.69, 9.17) is 10.5 Å². The van der Waals surface area contributed by atoms with Crippen LogP contribution in [0.2, 0.25) is 0 Å². The summed E-state index contributed by atoms with van der Waals surface area (Å²) in [5, 5.41) is 0. The van der Waals surface area contributed by atoms with E-state index in [0.717, 1.165) is 16.3 Å². The number of hydrogen-bond donors (Lipinski definition) is 1. The zero-order valence-corrected chi connectivity index (χ0v) is 7.44. The summed E-state index contributed by atoms with van der Waals surface area (Å²) in [5.74, 6) is 0.814. The quantitative estimate of drug-likeness (QED) is 0.543. The Kier molecular flexibility index (Phi) is 2.65. The standard InChI is InChI=1S/C8H11NOS/c1-10-7-3-6(9)4-8(5-7)11-2/h3-5H,9H2,1-2H3. The fourth-order valence-electron chi connectivity index (χ4n) is 0.829. The van der Waals surface area contributed by atoms with Gasteiger partial charge in [0.05, 0.1) is 7.11 Å². The monoisotopic (exact) mass is 169 g/mol. The maximum atomic E-state index is 5.62. The minimum atomic E-state index is 0.744. The summed E-state index contributed by atoms with van der Waals surface area (Å²) in [4.78, 5) is 1.13. The third-order valence-electron chi connectivity index (χ3n) is 1.37. The minimum Gasteiger partial charge on any atom is -0.497 e. The number of hydrogen-bond acceptors (Lipinski definition) is 3. The van der Waals surface area contributed by atoms with Crippen molar-refractivity contribution in [1.82, 2.24) is 0 Å². The molecule has 0 heterocycles. The average Bonchev–Trinajstić information content (AvgIpc) is 2.03. The minimum absolute atomic E-state index is 0.744. The molecule has 0 aliphatic rings. The van der Waals surface area contributed by atoms with Crippen molar-refractivity contribution in [1.29, 1.82) is 0 Å². The highest BCUT2D eigenvalue weighted by atomic mass is 32.2. The highest BCUT2D eigenvalue weighted by molar-refractivity contribution is 7.98.